The van der Waals surface area contributed by atoms with Gasteiger partial charge in [0.15, 0.2) is 0 Å². The molecule has 1 rings (SSSR count). The van der Waals surface area contributed by atoms with Gasteiger partial charge in [-0.05, 0) is 24.1 Å². The van der Waals surface area contributed by atoms with Crippen molar-refractivity contribution in [1.82, 2.24) is 0 Å². The van der Waals surface area contributed by atoms with Crippen LogP contribution in [-0.2, 0) is 0 Å². The molecule has 1 aromatic rings. The highest BCUT2D eigenvalue weighted by molar-refractivity contribution is 5.37. The molecule has 0 bridgehead atoms. The fourth-order valence-electron chi connectivity index (χ4n) is 1.20. The van der Waals surface area contributed by atoms with E-state index < -0.39 is 0 Å². The van der Waals surface area contributed by atoms with Gasteiger partial charge in [0.25, 0.3) is 0 Å². The van der Waals surface area contributed by atoms with Gasteiger partial charge in [0.05, 0.1) is 7.11 Å². The molecule has 0 aliphatic rings. The molecule has 0 aromatic heterocycles. The highest BCUT2D eigenvalue weighted by Crippen LogP contribution is 2.21. The quantitative estimate of drug-likeness (QED) is 0.728. The summed E-state index contributed by atoms with van der Waals surface area (Å²) in [7, 11) is 1.65. The van der Waals surface area contributed by atoms with Gasteiger partial charge >= 0.3 is 0 Å². The zero-order valence-corrected chi connectivity index (χ0v) is 8.08. The fourth-order valence-corrected chi connectivity index (χ4v) is 1.20. The first kappa shape index (κ1) is 10.0. The molecule has 0 saturated heterocycles. The maximum atomic E-state index is 5.79. The minimum Gasteiger partial charge on any atom is -0.496 e. The summed E-state index contributed by atoms with van der Waals surface area (Å²) in [5, 5.41) is 0. The summed E-state index contributed by atoms with van der Waals surface area (Å²) in [5.74, 6) is 0.862. The lowest BCUT2D eigenvalue weighted by molar-refractivity contribution is 0.410. The first-order valence-electron chi connectivity index (χ1n) is 4.29. The lowest BCUT2D eigenvalue weighted by Crippen LogP contribution is -2.20. The van der Waals surface area contributed by atoms with E-state index in [0.29, 0.717) is 6.54 Å². The molecule has 0 saturated carbocycles. The van der Waals surface area contributed by atoms with Crippen LogP contribution in [0.4, 0.5) is 0 Å². The van der Waals surface area contributed by atoms with Crippen molar-refractivity contribution in [3.05, 3.63) is 29.3 Å². The van der Waals surface area contributed by atoms with Crippen molar-refractivity contribution in [2.24, 2.45) is 11.5 Å². The van der Waals surface area contributed by atoms with Gasteiger partial charge in [-0.3, -0.25) is 0 Å². The molecule has 4 N–H and O–H groups in total. The van der Waals surface area contributed by atoms with Gasteiger partial charge in [0.2, 0.25) is 0 Å². The van der Waals surface area contributed by atoms with Crippen molar-refractivity contribution in [3.8, 4) is 5.75 Å². The average Bonchev–Trinajstić information content (AvgIpc) is 2.17. The fraction of sp³-hybridized carbons (Fsp3) is 0.400. The largest absolute Gasteiger partial charge is 0.496 e. The highest BCUT2D eigenvalue weighted by Gasteiger charge is 2.05. The molecule has 0 aliphatic carbocycles. The Labute approximate surface area is 78.7 Å². The predicted molar refractivity (Wildman–Crippen MR) is 53.7 cm³/mol. The summed E-state index contributed by atoms with van der Waals surface area (Å²) >= 11 is 0. The first-order valence-corrected chi connectivity index (χ1v) is 4.29. The molecule has 72 valence electrons. The SMILES string of the molecule is COc1cc([C@@H](N)CN)ccc1C. The molecule has 3 heteroatoms. The average molecular weight is 180 g/mol. The minimum atomic E-state index is -0.102. The standard InChI is InChI=1S/C10H16N2O/c1-7-3-4-8(9(12)6-11)5-10(7)13-2/h3-5,9H,6,11-12H2,1-2H3/t9-/m0/s1. The lowest BCUT2D eigenvalue weighted by atomic mass is 10.1. The van der Waals surface area contributed by atoms with Crippen molar-refractivity contribution in [1.29, 1.82) is 0 Å². The van der Waals surface area contributed by atoms with Crippen LogP contribution in [0.15, 0.2) is 18.2 Å². The third-order valence-corrected chi connectivity index (χ3v) is 2.11. The second-order valence-electron chi connectivity index (χ2n) is 3.07. The summed E-state index contributed by atoms with van der Waals surface area (Å²) in [4.78, 5) is 0. The lowest BCUT2D eigenvalue weighted by Gasteiger charge is -2.11. The number of aryl methyl sites for hydroxylation is 1. The molecule has 0 aliphatic heterocycles. The molecule has 0 amide bonds. The van der Waals surface area contributed by atoms with Crippen LogP contribution in [0, 0.1) is 6.92 Å². The minimum absolute atomic E-state index is 0.102. The maximum absolute atomic E-state index is 5.79. The van der Waals surface area contributed by atoms with Gasteiger partial charge in [-0.2, -0.15) is 0 Å². The zero-order chi connectivity index (χ0) is 9.84. The number of hydrogen-bond donors (Lipinski definition) is 2. The van der Waals surface area contributed by atoms with Crippen LogP contribution in [0.3, 0.4) is 0 Å². The summed E-state index contributed by atoms with van der Waals surface area (Å²) < 4.78 is 5.18. The summed E-state index contributed by atoms with van der Waals surface area (Å²) in [5.41, 5.74) is 13.4. The molecule has 0 radical (unpaired) electrons. The van der Waals surface area contributed by atoms with Crippen molar-refractivity contribution < 1.29 is 4.74 Å². The normalized spacial score (nSPS) is 12.6. The Hall–Kier alpha value is -1.06. The van der Waals surface area contributed by atoms with Crippen molar-refractivity contribution >= 4 is 0 Å². The Kier molecular flexibility index (Phi) is 3.28. The Bertz CT molecular complexity index is 286. The van der Waals surface area contributed by atoms with Gasteiger partial charge in [-0.15, -0.1) is 0 Å². The molecule has 13 heavy (non-hydrogen) atoms. The van der Waals surface area contributed by atoms with Crippen molar-refractivity contribution in [3.63, 3.8) is 0 Å². The van der Waals surface area contributed by atoms with E-state index in [4.69, 9.17) is 16.2 Å². The van der Waals surface area contributed by atoms with Crippen LogP contribution < -0.4 is 16.2 Å². The number of ether oxygens (including phenoxy) is 1. The van der Waals surface area contributed by atoms with Crippen LogP contribution in [0.5, 0.6) is 5.75 Å². The van der Waals surface area contributed by atoms with E-state index in [-0.39, 0.29) is 6.04 Å². The third-order valence-electron chi connectivity index (χ3n) is 2.11. The monoisotopic (exact) mass is 180 g/mol. The van der Waals surface area contributed by atoms with E-state index in [9.17, 15) is 0 Å². The molecule has 0 heterocycles. The molecule has 1 atom stereocenters. The molecular formula is C10H16N2O. The summed E-state index contributed by atoms with van der Waals surface area (Å²) in [6.45, 7) is 2.45. The molecule has 0 spiro atoms. The van der Waals surface area contributed by atoms with Gasteiger partial charge < -0.3 is 16.2 Å². The number of benzene rings is 1. The van der Waals surface area contributed by atoms with Crippen LogP contribution in [-0.4, -0.2) is 13.7 Å². The van der Waals surface area contributed by atoms with Crippen LogP contribution in [0.1, 0.15) is 17.2 Å². The van der Waals surface area contributed by atoms with Crippen LogP contribution in [0.2, 0.25) is 0 Å². The number of methoxy groups -OCH3 is 1. The van der Waals surface area contributed by atoms with E-state index in [2.05, 4.69) is 0 Å². The Morgan fingerprint density at radius 1 is 1.46 bits per heavy atom. The van der Waals surface area contributed by atoms with E-state index >= 15 is 0 Å². The molecule has 0 unspecified atom stereocenters. The Balaban J connectivity index is 2.99. The van der Waals surface area contributed by atoms with E-state index in [1.807, 2.05) is 25.1 Å². The van der Waals surface area contributed by atoms with Crippen LogP contribution in [0.25, 0.3) is 0 Å². The second kappa shape index (κ2) is 4.25. The summed E-state index contributed by atoms with van der Waals surface area (Å²) in [6.07, 6.45) is 0. The molecular weight excluding hydrogens is 164 g/mol. The number of rotatable bonds is 3. The molecule has 0 fully saturated rings. The predicted octanol–water partition coefficient (Wildman–Crippen LogP) is 0.962. The molecule has 1 aromatic carbocycles. The van der Waals surface area contributed by atoms with Gasteiger partial charge in [-0.25, -0.2) is 0 Å². The highest BCUT2D eigenvalue weighted by atomic mass is 16.5. The number of nitrogens with two attached hydrogens (primary N) is 2. The Morgan fingerprint density at radius 3 is 2.69 bits per heavy atom. The van der Waals surface area contributed by atoms with Gasteiger partial charge in [0, 0.05) is 12.6 Å². The Morgan fingerprint density at radius 2 is 2.15 bits per heavy atom. The van der Waals surface area contributed by atoms with E-state index in [1.54, 1.807) is 7.11 Å². The van der Waals surface area contributed by atoms with Gasteiger partial charge in [0.1, 0.15) is 5.75 Å². The van der Waals surface area contributed by atoms with Gasteiger partial charge in [-0.1, -0.05) is 12.1 Å². The van der Waals surface area contributed by atoms with Crippen molar-refractivity contribution in [2.75, 3.05) is 13.7 Å². The van der Waals surface area contributed by atoms with Crippen LogP contribution >= 0.6 is 0 Å². The maximum Gasteiger partial charge on any atom is 0.122 e. The smallest absolute Gasteiger partial charge is 0.122 e. The van der Waals surface area contributed by atoms with E-state index in [0.717, 1.165) is 16.9 Å². The second-order valence-corrected chi connectivity index (χ2v) is 3.07. The number of hydrogen-bond acceptors (Lipinski definition) is 3. The molecule has 3 nitrogen and oxygen atoms in total. The third kappa shape index (κ3) is 2.20. The first-order chi connectivity index (χ1) is 6.19. The summed E-state index contributed by atoms with van der Waals surface area (Å²) in [6, 6.07) is 5.81. The van der Waals surface area contributed by atoms with E-state index in [1.165, 1.54) is 0 Å². The van der Waals surface area contributed by atoms with Crippen molar-refractivity contribution in [2.45, 2.75) is 13.0 Å². The zero-order valence-electron chi connectivity index (χ0n) is 8.08. The topological polar surface area (TPSA) is 61.3 Å².